The van der Waals surface area contributed by atoms with Gasteiger partial charge in [0.25, 0.3) is 0 Å². The van der Waals surface area contributed by atoms with Gasteiger partial charge in [-0.2, -0.15) is 0 Å². The molecular formula is C14H24O2. The quantitative estimate of drug-likeness (QED) is 0.539. The van der Waals surface area contributed by atoms with E-state index < -0.39 is 0 Å². The van der Waals surface area contributed by atoms with Gasteiger partial charge in [-0.25, -0.2) is 0 Å². The molecule has 0 radical (unpaired) electrons. The van der Waals surface area contributed by atoms with E-state index in [4.69, 9.17) is 4.74 Å². The lowest BCUT2D eigenvalue weighted by molar-refractivity contribution is -0.165. The van der Waals surface area contributed by atoms with Crippen LogP contribution in [0.3, 0.4) is 0 Å². The van der Waals surface area contributed by atoms with Gasteiger partial charge in [-0.1, -0.05) is 26.0 Å². The zero-order valence-electron chi connectivity index (χ0n) is 11.0. The largest absolute Gasteiger partial charge is 0.459 e. The van der Waals surface area contributed by atoms with Crippen molar-refractivity contribution in [1.29, 1.82) is 0 Å². The van der Waals surface area contributed by atoms with E-state index in [0.717, 1.165) is 25.7 Å². The molecule has 16 heavy (non-hydrogen) atoms. The summed E-state index contributed by atoms with van der Waals surface area (Å²) in [6.45, 7) is 11.9. The molecule has 1 fully saturated rings. The van der Waals surface area contributed by atoms with Crippen molar-refractivity contribution in [1.82, 2.24) is 0 Å². The third kappa shape index (κ3) is 3.36. The maximum atomic E-state index is 11.6. The second-order valence-electron chi connectivity index (χ2n) is 5.65. The molecule has 0 atom stereocenters. The van der Waals surface area contributed by atoms with E-state index in [-0.39, 0.29) is 17.5 Å². The lowest BCUT2D eigenvalue weighted by atomic mass is 9.77. The highest BCUT2D eigenvalue weighted by molar-refractivity contribution is 5.72. The Morgan fingerprint density at radius 3 is 2.25 bits per heavy atom. The van der Waals surface area contributed by atoms with Crippen molar-refractivity contribution in [2.45, 2.75) is 59.0 Å². The lowest BCUT2D eigenvalue weighted by Gasteiger charge is -2.37. The zero-order valence-corrected chi connectivity index (χ0v) is 11.0. The minimum atomic E-state index is -0.243. The molecule has 0 aromatic carbocycles. The van der Waals surface area contributed by atoms with Crippen molar-refractivity contribution in [3.05, 3.63) is 12.2 Å². The molecule has 0 aromatic heterocycles. The molecule has 92 valence electrons. The topological polar surface area (TPSA) is 26.3 Å². The van der Waals surface area contributed by atoms with Crippen molar-refractivity contribution in [3.63, 3.8) is 0 Å². The Bertz CT molecular complexity index is 270. The van der Waals surface area contributed by atoms with Crippen molar-refractivity contribution >= 4 is 5.97 Å². The van der Waals surface area contributed by atoms with E-state index in [1.165, 1.54) is 5.57 Å². The van der Waals surface area contributed by atoms with E-state index in [0.29, 0.717) is 5.92 Å². The van der Waals surface area contributed by atoms with Gasteiger partial charge in [0.1, 0.15) is 5.60 Å². The fraction of sp³-hybridized carbons (Fsp3) is 0.786. The second-order valence-corrected chi connectivity index (χ2v) is 5.65. The normalized spacial score (nSPS) is 30.2. The summed E-state index contributed by atoms with van der Waals surface area (Å²) in [6, 6.07) is 0. The highest BCUT2D eigenvalue weighted by Crippen LogP contribution is 2.37. The van der Waals surface area contributed by atoms with Gasteiger partial charge in [-0.05, 0) is 45.4 Å². The van der Waals surface area contributed by atoms with Crippen LogP contribution in [0.4, 0.5) is 0 Å². The first-order valence-corrected chi connectivity index (χ1v) is 6.22. The molecule has 2 nitrogen and oxygen atoms in total. The van der Waals surface area contributed by atoms with E-state index in [9.17, 15) is 4.79 Å². The highest BCUT2D eigenvalue weighted by atomic mass is 16.6. The molecule has 0 aliphatic heterocycles. The Balaban J connectivity index is 2.50. The smallest absolute Gasteiger partial charge is 0.308 e. The summed E-state index contributed by atoms with van der Waals surface area (Å²) in [7, 11) is 0. The van der Waals surface area contributed by atoms with Gasteiger partial charge >= 0.3 is 5.97 Å². The molecule has 0 N–H and O–H groups in total. The SMILES string of the molecule is C=C(C)C1CCC(C)(OC(=O)C(C)C)CC1. The van der Waals surface area contributed by atoms with Gasteiger partial charge in [-0.3, -0.25) is 4.79 Å². The van der Waals surface area contributed by atoms with Gasteiger partial charge in [-0.15, -0.1) is 0 Å². The van der Waals surface area contributed by atoms with Gasteiger partial charge in [0.05, 0.1) is 5.92 Å². The molecule has 0 spiro atoms. The number of hydrogen-bond acceptors (Lipinski definition) is 2. The molecule has 0 amide bonds. The van der Waals surface area contributed by atoms with Gasteiger partial charge in [0.2, 0.25) is 0 Å². The molecule has 0 aromatic rings. The lowest BCUT2D eigenvalue weighted by Crippen LogP contribution is -2.37. The maximum Gasteiger partial charge on any atom is 0.308 e. The fourth-order valence-corrected chi connectivity index (χ4v) is 2.18. The van der Waals surface area contributed by atoms with Crippen LogP contribution in [0.15, 0.2) is 12.2 Å². The van der Waals surface area contributed by atoms with Crippen LogP contribution < -0.4 is 0 Å². The van der Waals surface area contributed by atoms with Crippen molar-refractivity contribution < 1.29 is 9.53 Å². The second kappa shape index (κ2) is 5.03. The van der Waals surface area contributed by atoms with Crippen LogP contribution in [0.2, 0.25) is 0 Å². The molecule has 1 aliphatic carbocycles. The van der Waals surface area contributed by atoms with E-state index in [1.54, 1.807) is 0 Å². The number of esters is 1. The zero-order chi connectivity index (χ0) is 12.3. The summed E-state index contributed by atoms with van der Waals surface area (Å²) in [4.78, 5) is 11.6. The van der Waals surface area contributed by atoms with Crippen LogP contribution in [0.5, 0.6) is 0 Å². The maximum absolute atomic E-state index is 11.6. The third-order valence-corrected chi connectivity index (χ3v) is 3.56. The van der Waals surface area contributed by atoms with Gasteiger partial charge in [0.15, 0.2) is 0 Å². The summed E-state index contributed by atoms with van der Waals surface area (Å²) >= 11 is 0. The molecule has 2 heteroatoms. The van der Waals surface area contributed by atoms with Crippen LogP contribution in [0, 0.1) is 11.8 Å². The molecule has 0 bridgehead atoms. The predicted molar refractivity (Wildman–Crippen MR) is 66.1 cm³/mol. The van der Waals surface area contributed by atoms with Crippen LogP contribution in [0.25, 0.3) is 0 Å². The summed E-state index contributed by atoms with van der Waals surface area (Å²) in [5, 5.41) is 0. The average Bonchev–Trinajstić information content (AvgIpc) is 2.17. The molecule has 1 aliphatic rings. The minimum absolute atomic E-state index is 0.0318. The number of rotatable bonds is 3. The van der Waals surface area contributed by atoms with Crippen molar-refractivity contribution in [2.75, 3.05) is 0 Å². The molecule has 1 saturated carbocycles. The number of ether oxygens (including phenoxy) is 1. The van der Waals surface area contributed by atoms with E-state index >= 15 is 0 Å². The monoisotopic (exact) mass is 224 g/mol. The van der Waals surface area contributed by atoms with Crippen LogP contribution in [-0.2, 0) is 9.53 Å². The number of carbonyl (C=O) groups excluding carboxylic acids is 1. The van der Waals surface area contributed by atoms with Crippen LogP contribution in [-0.4, -0.2) is 11.6 Å². The Morgan fingerprint density at radius 1 is 1.38 bits per heavy atom. The van der Waals surface area contributed by atoms with Gasteiger partial charge < -0.3 is 4.74 Å². The Kier molecular flexibility index (Phi) is 4.17. The number of carbonyl (C=O) groups is 1. The Hall–Kier alpha value is -0.790. The highest BCUT2D eigenvalue weighted by Gasteiger charge is 2.34. The van der Waals surface area contributed by atoms with Gasteiger partial charge in [0, 0.05) is 0 Å². The standard InChI is InChI=1S/C14H24O2/c1-10(2)12-6-8-14(5,9-7-12)16-13(15)11(3)4/h11-12H,1,6-9H2,2-5H3. The van der Waals surface area contributed by atoms with Crippen LogP contribution >= 0.6 is 0 Å². The summed E-state index contributed by atoms with van der Waals surface area (Å²) in [6.07, 6.45) is 4.11. The summed E-state index contributed by atoms with van der Waals surface area (Å²) < 4.78 is 5.60. The summed E-state index contributed by atoms with van der Waals surface area (Å²) in [5.74, 6) is 0.512. The number of allylic oxidation sites excluding steroid dienone is 1. The molecule has 0 unspecified atom stereocenters. The van der Waals surface area contributed by atoms with Crippen molar-refractivity contribution in [2.24, 2.45) is 11.8 Å². The first-order valence-electron chi connectivity index (χ1n) is 6.22. The van der Waals surface area contributed by atoms with E-state index in [2.05, 4.69) is 20.4 Å². The summed E-state index contributed by atoms with van der Waals surface area (Å²) in [5.41, 5.74) is 1.02. The average molecular weight is 224 g/mol. The Morgan fingerprint density at radius 2 is 1.88 bits per heavy atom. The first kappa shape index (κ1) is 13.3. The van der Waals surface area contributed by atoms with E-state index in [1.807, 2.05) is 13.8 Å². The molecule has 0 saturated heterocycles. The Labute approximate surface area is 99.1 Å². The number of hydrogen-bond donors (Lipinski definition) is 0. The minimum Gasteiger partial charge on any atom is -0.459 e. The predicted octanol–water partition coefficient (Wildman–Crippen LogP) is 3.71. The molecule has 1 rings (SSSR count). The fourth-order valence-electron chi connectivity index (χ4n) is 2.18. The molecular weight excluding hydrogens is 200 g/mol. The third-order valence-electron chi connectivity index (χ3n) is 3.56. The van der Waals surface area contributed by atoms with Crippen molar-refractivity contribution in [3.8, 4) is 0 Å². The van der Waals surface area contributed by atoms with Crippen LogP contribution in [0.1, 0.15) is 53.4 Å². The first-order chi connectivity index (χ1) is 7.34. The molecule has 0 heterocycles.